The van der Waals surface area contributed by atoms with E-state index in [-0.39, 0.29) is 26.4 Å². The molecule has 1 aliphatic rings. The van der Waals surface area contributed by atoms with E-state index in [1.54, 1.807) is 0 Å². The average molecular weight is 275 g/mol. The smallest absolute Gasteiger partial charge is 0.404 e. The molecule has 5 N–H and O–H groups in total. The van der Waals surface area contributed by atoms with Crippen LogP contribution in [-0.2, 0) is 14.3 Å². The highest BCUT2D eigenvalue weighted by atomic mass is 16.5. The molecular weight excluding hydrogens is 258 g/mol. The largest absolute Gasteiger partial charge is 0.481 e. The molecule has 0 aromatic heterocycles. The topological polar surface area (TPSA) is 140 Å². The number of amides is 3. The van der Waals surface area contributed by atoms with Gasteiger partial charge in [-0.05, 0) is 6.92 Å². The highest BCUT2D eigenvalue weighted by Gasteiger charge is 2.47. The van der Waals surface area contributed by atoms with Crippen LogP contribution in [0, 0.1) is 5.41 Å². The van der Waals surface area contributed by atoms with Crippen LogP contribution in [0.25, 0.3) is 0 Å². The second kappa shape index (κ2) is 6.23. The fourth-order valence-corrected chi connectivity index (χ4v) is 1.61. The number of hydrogen-bond acceptors (Lipinski definition) is 5. The number of carbonyl (C=O) groups is 3. The summed E-state index contributed by atoms with van der Waals surface area (Å²) < 4.78 is 9.50. The monoisotopic (exact) mass is 275 g/mol. The molecule has 0 radical (unpaired) electrons. The minimum atomic E-state index is -1.15. The SMILES string of the molecule is CC1(C(=O)O)COCC1NC(=O)NCCOC(N)=O. The lowest BCUT2D eigenvalue weighted by atomic mass is 9.85. The molecule has 1 fully saturated rings. The van der Waals surface area contributed by atoms with Crippen LogP contribution in [-0.4, -0.2) is 55.6 Å². The number of nitrogens with one attached hydrogen (secondary N) is 2. The van der Waals surface area contributed by atoms with Crippen LogP contribution in [0.2, 0.25) is 0 Å². The third kappa shape index (κ3) is 3.98. The van der Waals surface area contributed by atoms with Crippen molar-refractivity contribution in [1.29, 1.82) is 0 Å². The van der Waals surface area contributed by atoms with Gasteiger partial charge in [0.1, 0.15) is 12.0 Å². The summed E-state index contributed by atoms with van der Waals surface area (Å²) in [5.41, 5.74) is 3.59. The number of hydrogen-bond donors (Lipinski definition) is 4. The third-order valence-corrected chi connectivity index (χ3v) is 2.88. The second-order valence-electron chi connectivity index (χ2n) is 4.36. The van der Waals surface area contributed by atoms with Gasteiger partial charge in [-0.3, -0.25) is 4.79 Å². The number of nitrogens with two attached hydrogens (primary N) is 1. The molecule has 1 heterocycles. The molecule has 2 unspecified atom stereocenters. The summed E-state index contributed by atoms with van der Waals surface area (Å²) in [6.45, 7) is 1.70. The lowest BCUT2D eigenvalue weighted by Gasteiger charge is -2.25. The Morgan fingerprint density at radius 1 is 1.53 bits per heavy atom. The molecule has 2 atom stereocenters. The molecule has 108 valence electrons. The average Bonchev–Trinajstić information content (AvgIpc) is 2.68. The summed E-state index contributed by atoms with van der Waals surface area (Å²) in [5, 5.41) is 14.0. The van der Waals surface area contributed by atoms with Gasteiger partial charge in [0.2, 0.25) is 0 Å². The number of aliphatic carboxylic acids is 1. The van der Waals surface area contributed by atoms with Crippen molar-refractivity contribution in [3.63, 3.8) is 0 Å². The van der Waals surface area contributed by atoms with E-state index >= 15 is 0 Å². The summed E-state index contributed by atoms with van der Waals surface area (Å²) in [7, 11) is 0. The van der Waals surface area contributed by atoms with Crippen molar-refractivity contribution >= 4 is 18.1 Å². The fourth-order valence-electron chi connectivity index (χ4n) is 1.61. The maximum absolute atomic E-state index is 11.5. The van der Waals surface area contributed by atoms with Crippen molar-refractivity contribution in [3.05, 3.63) is 0 Å². The van der Waals surface area contributed by atoms with E-state index in [0.717, 1.165) is 0 Å². The van der Waals surface area contributed by atoms with Crippen LogP contribution >= 0.6 is 0 Å². The molecule has 0 aromatic rings. The summed E-state index contributed by atoms with van der Waals surface area (Å²) in [6.07, 6.45) is -0.926. The van der Waals surface area contributed by atoms with Crippen LogP contribution in [0.3, 0.4) is 0 Å². The van der Waals surface area contributed by atoms with Crippen molar-refractivity contribution < 1.29 is 29.0 Å². The maximum atomic E-state index is 11.5. The van der Waals surface area contributed by atoms with E-state index in [4.69, 9.17) is 15.6 Å². The number of carbonyl (C=O) groups excluding carboxylic acids is 2. The Kier molecular flexibility index (Phi) is 4.93. The number of carboxylic acid groups (broad SMARTS) is 1. The summed E-state index contributed by atoms with van der Waals surface area (Å²) in [6, 6.07) is -1.18. The van der Waals surface area contributed by atoms with Gasteiger partial charge in [0.25, 0.3) is 0 Å². The molecular formula is C10H17N3O6. The Morgan fingerprint density at radius 3 is 2.79 bits per heavy atom. The van der Waals surface area contributed by atoms with Gasteiger partial charge in [-0.15, -0.1) is 0 Å². The van der Waals surface area contributed by atoms with Crippen molar-refractivity contribution in [2.75, 3.05) is 26.4 Å². The molecule has 0 spiro atoms. The van der Waals surface area contributed by atoms with Crippen LogP contribution in [0.5, 0.6) is 0 Å². The highest BCUT2D eigenvalue weighted by molar-refractivity contribution is 5.79. The second-order valence-corrected chi connectivity index (χ2v) is 4.36. The summed E-state index contributed by atoms with van der Waals surface area (Å²) >= 11 is 0. The fraction of sp³-hybridized carbons (Fsp3) is 0.700. The van der Waals surface area contributed by atoms with Crippen LogP contribution in [0.4, 0.5) is 9.59 Å². The third-order valence-electron chi connectivity index (χ3n) is 2.88. The molecule has 1 rings (SSSR count). The van der Waals surface area contributed by atoms with Gasteiger partial charge in [-0.25, -0.2) is 9.59 Å². The zero-order valence-electron chi connectivity index (χ0n) is 10.5. The first-order valence-corrected chi connectivity index (χ1v) is 5.64. The van der Waals surface area contributed by atoms with E-state index in [1.165, 1.54) is 6.92 Å². The number of carboxylic acids is 1. The first kappa shape index (κ1) is 15.0. The summed E-state index contributed by atoms with van der Waals surface area (Å²) in [5.74, 6) is -1.03. The van der Waals surface area contributed by atoms with Crippen LogP contribution in [0.1, 0.15) is 6.92 Å². The standard InChI is InChI=1S/C10H17N3O6/c1-10(7(14)15)5-18-4-6(10)13-9(17)12-2-3-19-8(11)16/h6H,2-5H2,1H3,(H2,11,16)(H,14,15)(H2,12,13,17). The molecule has 9 nitrogen and oxygen atoms in total. The quantitative estimate of drug-likeness (QED) is 0.468. The van der Waals surface area contributed by atoms with Crippen LogP contribution in [0.15, 0.2) is 0 Å². The molecule has 3 amide bonds. The minimum absolute atomic E-state index is 0.0397. The lowest BCUT2D eigenvalue weighted by molar-refractivity contribution is -0.148. The van der Waals surface area contributed by atoms with Gasteiger partial charge in [0, 0.05) is 0 Å². The highest BCUT2D eigenvalue weighted by Crippen LogP contribution is 2.28. The van der Waals surface area contributed by atoms with Gasteiger partial charge in [-0.2, -0.15) is 0 Å². The van der Waals surface area contributed by atoms with E-state index in [9.17, 15) is 14.4 Å². The molecule has 1 aliphatic heterocycles. The first-order chi connectivity index (χ1) is 8.86. The summed E-state index contributed by atoms with van der Waals surface area (Å²) in [4.78, 5) is 32.9. The Labute approximate surface area is 109 Å². The van der Waals surface area contributed by atoms with Crippen LogP contribution < -0.4 is 16.4 Å². The number of primary amides is 1. The molecule has 0 aliphatic carbocycles. The Hall–Kier alpha value is -2.03. The van der Waals surface area contributed by atoms with E-state index < -0.39 is 29.6 Å². The Balaban J connectivity index is 2.36. The normalized spacial score (nSPS) is 25.6. The molecule has 0 bridgehead atoms. The van der Waals surface area contributed by atoms with E-state index in [2.05, 4.69) is 15.4 Å². The molecule has 0 saturated carbocycles. The van der Waals surface area contributed by atoms with Gasteiger partial charge in [-0.1, -0.05) is 0 Å². The predicted molar refractivity (Wildman–Crippen MR) is 62.4 cm³/mol. The molecule has 9 heteroatoms. The number of ether oxygens (including phenoxy) is 2. The predicted octanol–water partition coefficient (Wildman–Crippen LogP) is -1.13. The number of urea groups is 1. The van der Waals surface area contributed by atoms with Gasteiger partial charge < -0.3 is 30.9 Å². The van der Waals surface area contributed by atoms with E-state index in [1.807, 2.05) is 0 Å². The zero-order chi connectivity index (χ0) is 14.5. The van der Waals surface area contributed by atoms with Gasteiger partial charge in [0.15, 0.2) is 0 Å². The van der Waals surface area contributed by atoms with E-state index in [0.29, 0.717) is 0 Å². The van der Waals surface area contributed by atoms with Crippen molar-refractivity contribution in [2.45, 2.75) is 13.0 Å². The first-order valence-electron chi connectivity index (χ1n) is 5.64. The lowest BCUT2D eigenvalue weighted by Crippen LogP contribution is -2.52. The molecule has 1 saturated heterocycles. The zero-order valence-corrected chi connectivity index (χ0v) is 10.5. The van der Waals surface area contributed by atoms with Crippen molar-refractivity contribution in [1.82, 2.24) is 10.6 Å². The van der Waals surface area contributed by atoms with Crippen molar-refractivity contribution in [2.24, 2.45) is 11.1 Å². The minimum Gasteiger partial charge on any atom is -0.481 e. The number of rotatable bonds is 5. The van der Waals surface area contributed by atoms with Gasteiger partial charge >= 0.3 is 18.1 Å². The molecule has 0 aromatic carbocycles. The van der Waals surface area contributed by atoms with Crippen molar-refractivity contribution in [3.8, 4) is 0 Å². The Bertz CT molecular complexity index is 374. The Morgan fingerprint density at radius 2 is 2.21 bits per heavy atom. The van der Waals surface area contributed by atoms with Gasteiger partial charge in [0.05, 0.1) is 25.8 Å². The molecule has 19 heavy (non-hydrogen) atoms. The maximum Gasteiger partial charge on any atom is 0.404 e.